The van der Waals surface area contributed by atoms with Crippen LogP contribution in [0.1, 0.15) is 71.6 Å². The Morgan fingerprint density at radius 2 is 1.90 bits per heavy atom. The van der Waals surface area contributed by atoms with Crippen LogP contribution < -0.4 is 10.6 Å². The van der Waals surface area contributed by atoms with Crippen molar-refractivity contribution in [2.45, 2.75) is 102 Å². The van der Waals surface area contributed by atoms with E-state index >= 15 is 0 Å². The monoisotopic (exact) mass is 294 g/mol. The Bertz CT molecular complexity index is 393. The molecule has 120 valence electrons. The molecule has 4 nitrogen and oxygen atoms in total. The van der Waals surface area contributed by atoms with Gasteiger partial charge >= 0.3 is 5.96 Å². The highest BCUT2D eigenvalue weighted by Gasteiger charge is 2.44. The molecule has 0 unspecified atom stereocenters. The summed E-state index contributed by atoms with van der Waals surface area (Å²) in [5.74, 6) is 1.32. The van der Waals surface area contributed by atoms with E-state index in [1.165, 1.54) is 50.9 Å². The van der Waals surface area contributed by atoms with Gasteiger partial charge in [-0.15, -0.1) is 0 Å². The molecule has 3 aliphatic heterocycles. The standard InChI is InChI=1S/C17H31N3O/c1-12-10-15-8-9-16-11-14(19-17(18-12)20(15)16)7-5-3-4-6-13(2)21/h12-16,21H,3-11H2,1-2H3,(H,18,19)/p+1/t12-,13+,14-,15+,16-/m1/s1. The van der Waals surface area contributed by atoms with Gasteiger partial charge in [0.15, 0.2) is 0 Å². The Hall–Kier alpha value is -0.770. The lowest BCUT2D eigenvalue weighted by Gasteiger charge is -2.35. The highest BCUT2D eigenvalue weighted by molar-refractivity contribution is 5.76. The maximum absolute atomic E-state index is 9.30. The first-order valence-corrected chi connectivity index (χ1v) is 9.00. The predicted octanol–water partition coefficient (Wildman–Crippen LogP) is 1.96. The van der Waals surface area contributed by atoms with E-state index < -0.39 is 0 Å². The maximum Gasteiger partial charge on any atom is 0.346 e. The molecule has 0 saturated carbocycles. The molecule has 0 bridgehead atoms. The Balaban J connectivity index is 1.49. The van der Waals surface area contributed by atoms with Gasteiger partial charge < -0.3 is 5.11 Å². The lowest BCUT2D eigenvalue weighted by molar-refractivity contribution is -0.593. The van der Waals surface area contributed by atoms with E-state index in [9.17, 15) is 5.11 Å². The van der Waals surface area contributed by atoms with E-state index in [-0.39, 0.29) is 6.10 Å². The van der Waals surface area contributed by atoms with Crippen LogP contribution in [0.2, 0.25) is 0 Å². The third-order valence-electron chi connectivity index (χ3n) is 5.46. The number of unbranched alkanes of at least 4 members (excludes halogenated alkanes) is 2. The summed E-state index contributed by atoms with van der Waals surface area (Å²) in [6, 6.07) is 2.80. The van der Waals surface area contributed by atoms with E-state index in [2.05, 4.69) is 22.1 Å². The van der Waals surface area contributed by atoms with Crippen LogP contribution >= 0.6 is 0 Å². The quantitative estimate of drug-likeness (QED) is 0.518. The second-order valence-corrected chi connectivity index (χ2v) is 7.49. The van der Waals surface area contributed by atoms with Crippen molar-refractivity contribution >= 4 is 5.96 Å². The van der Waals surface area contributed by atoms with Crippen molar-refractivity contribution in [1.29, 1.82) is 0 Å². The average Bonchev–Trinajstić information content (AvgIpc) is 2.82. The van der Waals surface area contributed by atoms with Crippen molar-refractivity contribution < 1.29 is 9.68 Å². The third kappa shape index (κ3) is 3.53. The van der Waals surface area contributed by atoms with Gasteiger partial charge in [-0.05, 0) is 39.5 Å². The highest BCUT2D eigenvalue weighted by Crippen LogP contribution is 2.31. The van der Waals surface area contributed by atoms with Crippen LogP contribution in [0.5, 0.6) is 0 Å². The van der Waals surface area contributed by atoms with E-state index in [1.54, 1.807) is 0 Å². The van der Waals surface area contributed by atoms with Crippen LogP contribution in [0.3, 0.4) is 0 Å². The number of hydrogen-bond donors (Lipinski definition) is 3. The summed E-state index contributed by atoms with van der Waals surface area (Å²) in [6.07, 6.45) is 11.1. The zero-order valence-electron chi connectivity index (χ0n) is 13.6. The largest absolute Gasteiger partial charge is 0.393 e. The topological polar surface area (TPSA) is 47.3 Å². The Morgan fingerprint density at radius 1 is 1.14 bits per heavy atom. The van der Waals surface area contributed by atoms with Crippen molar-refractivity contribution in [1.82, 2.24) is 10.6 Å². The number of hydrogen-bond acceptors (Lipinski definition) is 3. The summed E-state index contributed by atoms with van der Waals surface area (Å²) >= 11 is 0. The molecule has 1 saturated heterocycles. The molecule has 0 aromatic carbocycles. The van der Waals surface area contributed by atoms with Gasteiger partial charge in [-0.25, -0.2) is 0 Å². The number of nitrogens with zero attached hydrogens (tertiary/aromatic N) is 1. The molecular formula is C17H32N3O+. The summed E-state index contributed by atoms with van der Waals surface area (Å²) in [4.78, 5) is 0. The summed E-state index contributed by atoms with van der Waals surface area (Å²) in [5.41, 5.74) is 0. The van der Waals surface area contributed by atoms with E-state index in [0.717, 1.165) is 24.9 Å². The smallest absolute Gasteiger partial charge is 0.346 e. The molecule has 0 aromatic heterocycles. The van der Waals surface area contributed by atoms with Crippen molar-refractivity contribution in [2.24, 2.45) is 0 Å². The molecule has 0 amide bonds. The molecule has 0 aromatic rings. The molecule has 0 spiro atoms. The SMILES string of the molecule is C[C@H](O)CCCCC[C@@H]1C[C@H]2CC[C@H]3C[C@@H](C)NC(=[N+]23)N1. The van der Waals surface area contributed by atoms with Crippen molar-refractivity contribution in [3.8, 4) is 0 Å². The molecule has 1 fully saturated rings. The minimum atomic E-state index is -0.134. The van der Waals surface area contributed by atoms with Crippen molar-refractivity contribution in [3.05, 3.63) is 0 Å². The molecule has 3 aliphatic rings. The van der Waals surface area contributed by atoms with E-state index in [0.29, 0.717) is 12.1 Å². The zero-order valence-corrected chi connectivity index (χ0v) is 13.6. The molecule has 3 heterocycles. The summed E-state index contributed by atoms with van der Waals surface area (Å²) in [6.45, 7) is 4.19. The summed E-state index contributed by atoms with van der Waals surface area (Å²) in [7, 11) is 0. The first-order chi connectivity index (χ1) is 10.1. The van der Waals surface area contributed by atoms with Gasteiger partial charge in [-0.3, -0.25) is 15.2 Å². The van der Waals surface area contributed by atoms with Gasteiger partial charge in [0.05, 0.1) is 30.3 Å². The number of rotatable bonds is 6. The molecule has 4 heteroatoms. The Kier molecular flexibility index (Phi) is 4.72. The number of nitrogens with one attached hydrogen (secondary N) is 2. The zero-order chi connectivity index (χ0) is 14.8. The normalized spacial score (nSPS) is 36.0. The maximum atomic E-state index is 9.30. The molecule has 0 aliphatic carbocycles. The minimum Gasteiger partial charge on any atom is -0.393 e. The van der Waals surface area contributed by atoms with Gasteiger partial charge in [0.1, 0.15) is 0 Å². The molecule has 0 radical (unpaired) electrons. The second kappa shape index (κ2) is 6.55. The average molecular weight is 294 g/mol. The number of aliphatic hydroxyl groups excluding tert-OH is 1. The predicted molar refractivity (Wildman–Crippen MR) is 85.6 cm³/mol. The molecule has 5 atom stereocenters. The van der Waals surface area contributed by atoms with Crippen molar-refractivity contribution in [2.75, 3.05) is 0 Å². The van der Waals surface area contributed by atoms with E-state index in [4.69, 9.17) is 0 Å². The van der Waals surface area contributed by atoms with Gasteiger partial charge in [-0.1, -0.05) is 19.3 Å². The van der Waals surface area contributed by atoms with Gasteiger partial charge in [0, 0.05) is 12.8 Å². The fraction of sp³-hybridized carbons (Fsp3) is 0.941. The van der Waals surface area contributed by atoms with Crippen molar-refractivity contribution in [3.63, 3.8) is 0 Å². The summed E-state index contributed by atoms with van der Waals surface area (Å²) in [5, 5.41) is 16.7. The third-order valence-corrected chi connectivity index (χ3v) is 5.46. The van der Waals surface area contributed by atoms with Crippen LogP contribution in [0.15, 0.2) is 0 Å². The van der Waals surface area contributed by atoms with Gasteiger partial charge in [0.25, 0.3) is 0 Å². The van der Waals surface area contributed by atoms with Gasteiger partial charge in [0.2, 0.25) is 0 Å². The molecule has 21 heavy (non-hydrogen) atoms. The molecule has 3 N–H and O–H groups in total. The first-order valence-electron chi connectivity index (χ1n) is 9.00. The summed E-state index contributed by atoms with van der Waals surface area (Å²) < 4.78 is 2.64. The highest BCUT2D eigenvalue weighted by atomic mass is 16.3. The van der Waals surface area contributed by atoms with Crippen LogP contribution in [0.4, 0.5) is 0 Å². The van der Waals surface area contributed by atoms with Crippen LogP contribution in [0, 0.1) is 0 Å². The fourth-order valence-corrected chi connectivity index (χ4v) is 4.46. The van der Waals surface area contributed by atoms with Gasteiger partial charge in [-0.2, -0.15) is 0 Å². The Labute approximate surface area is 129 Å². The number of aliphatic hydroxyl groups is 1. The fourth-order valence-electron chi connectivity index (χ4n) is 4.46. The lowest BCUT2D eigenvalue weighted by Crippen LogP contribution is -2.61. The molecule has 3 rings (SSSR count). The van der Waals surface area contributed by atoms with E-state index in [1.807, 2.05) is 6.92 Å². The van der Waals surface area contributed by atoms with Crippen LogP contribution in [-0.2, 0) is 0 Å². The van der Waals surface area contributed by atoms with Crippen LogP contribution in [0.25, 0.3) is 0 Å². The number of guanidine groups is 1. The minimum absolute atomic E-state index is 0.134. The first kappa shape index (κ1) is 15.1. The lowest BCUT2D eigenvalue weighted by atomic mass is 9.97. The van der Waals surface area contributed by atoms with Crippen LogP contribution in [-0.4, -0.2) is 45.9 Å². The second-order valence-electron chi connectivity index (χ2n) is 7.49. The Morgan fingerprint density at radius 3 is 2.67 bits per heavy atom. The molecular weight excluding hydrogens is 262 g/mol.